The van der Waals surface area contributed by atoms with Gasteiger partial charge < -0.3 is 0 Å². The van der Waals surface area contributed by atoms with Crippen molar-refractivity contribution in [1.82, 2.24) is 20.2 Å². The minimum absolute atomic E-state index is 0.599. The van der Waals surface area contributed by atoms with E-state index in [1.807, 2.05) is 13.8 Å². The molecule has 2 aromatic heterocycles. The number of H-pyrrole nitrogens is 1. The Hall–Kier alpha value is -1.87. The van der Waals surface area contributed by atoms with Gasteiger partial charge in [0.05, 0.1) is 11.6 Å². The van der Waals surface area contributed by atoms with Crippen LogP contribution >= 0.6 is 11.8 Å². The van der Waals surface area contributed by atoms with Crippen LogP contribution in [0.1, 0.15) is 17.1 Å². The summed E-state index contributed by atoms with van der Waals surface area (Å²) in [5.74, 6) is 0.760. The molecule has 6 heteroatoms. The first kappa shape index (κ1) is 10.6. The fraction of sp³-hybridized carbons (Fsp3) is 0.200. The summed E-state index contributed by atoms with van der Waals surface area (Å²) in [7, 11) is 0. The van der Waals surface area contributed by atoms with Gasteiger partial charge in [0.15, 0.2) is 0 Å². The van der Waals surface area contributed by atoms with E-state index in [4.69, 9.17) is 5.26 Å². The average Bonchev–Trinajstić information content (AvgIpc) is 2.63. The van der Waals surface area contributed by atoms with Crippen LogP contribution in [0.4, 0.5) is 0 Å². The fourth-order valence-electron chi connectivity index (χ4n) is 1.22. The van der Waals surface area contributed by atoms with Crippen molar-refractivity contribution in [1.29, 1.82) is 5.26 Å². The zero-order valence-corrected chi connectivity index (χ0v) is 9.67. The number of hydrogen-bond acceptors (Lipinski definition) is 5. The molecule has 5 nitrogen and oxygen atoms in total. The highest BCUT2D eigenvalue weighted by atomic mass is 32.2. The van der Waals surface area contributed by atoms with E-state index in [0.717, 1.165) is 16.5 Å². The number of aryl methyl sites for hydroxylation is 2. The van der Waals surface area contributed by atoms with Crippen LogP contribution in [-0.2, 0) is 0 Å². The zero-order chi connectivity index (χ0) is 11.5. The van der Waals surface area contributed by atoms with Crippen LogP contribution in [0.5, 0.6) is 0 Å². The van der Waals surface area contributed by atoms with E-state index < -0.39 is 0 Å². The lowest BCUT2D eigenvalue weighted by atomic mass is 10.2. The Bertz CT molecular complexity index is 555. The second kappa shape index (κ2) is 4.33. The first-order chi connectivity index (χ1) is 7.67. The van der Waals surface area contributed by atoms with Crippen LogP contribution in [0.15, 0.2) is 22.3 Å². The summed E-state index contributed by atoms with van der Waals surface area (Å²) < 4.78 is 0. The first-order valence-corrected chi connectivity index (χ1v) is 5.44. The molecule has 0 amide bonds. The second-order valence-corrected chi connectivity index (χ2v) is 4.24. The van der Waals surface area contributed by atoms with Gasteiger partial charge in [-0.1, -0.05) is 0 Å². The molecule has 0 aliphatic carbocycles. The van der Waals surface area contributed by atoms with Gasteiger partial charge >= 0.3 is 0 Å². The summed E-state index contributed by atoms with van der Waals surface area (Å²) in [5, 5.41) is 16.9. The molecule has 1 N–H and O–H groups in total. The molecule has 2 aromatic rings. The van der Waals surface area contributed by atoms with Crippen molar-refractivity contribution in [3.05, 3.63) is 29.2 Å². The Kier molecular flexibility index (Phi) is 2.88. The van der Waals surface area contributed by atoms with Gasteiger partial charge in [0.25, 0.3) is 0 Å². The van der Waals surface area contributed by atoms with E-state index in [0.29, 0.717) is 10.7 Å². The molecular formula is C10H9N5S. The van der Waals surface area contributed by atoms with Crippen molar-refractivity contribution in [2.24, 2.45) is 0 Å². The molecule has 0 atom stereocenters. The predicted octanol–water partition coefficient (Wildman–Crippen LogP) is 1.84. The lowest BCUT2D eigenvalue weighted by molar-refractivity contribution is 0.961. The summed E-state index contributed by atoms with van der Waals surface area (Å²) in [4.78, 5) is 8.47. The molecule has 16 heavy (non-hydrogen) atoms. The molecule has 2 rings (SSSR count). The Balaban J connectivity index is 2.28. The monoisotopic (exact) mass is 231 g/mol. The van der Waals surface area contributed by atoms with E-state index in [1.54, 1.807) is 12.1 Å². The number of aromatic nitrogens is 4. The Morgan fingerprint density at radius 3 is 2.75 bits per heavy atom. The average molecular weight is 231 g/mol. The lowest BCUT2D eigenvalue weighted by Crippen LogP contribution is -1.88. The number of rotatable bonds is 2. The molecule has 0 unspecified atom stereocenters. The maximum absolute atomic E-state index is 8.83. The van der Waals surface area contributed by atoms with E-state index in [-0.39, 0.29) is 0 Å². The molecule has 0 bridgehead atoms. The van der Waals surface area contributed by atoms with E-state index >= 15 is 0 Å². The molecule has 0 spiro atoms. The van der Waals surface area contributed by atoms with Crippen LogP contribution in [0.2, 0.25) is 0 Å². The van der Waals surface area contributed by atoms with Gasteiger partial charge in [-0.25, -0.2) is 9.97 Å². The molecule has 0 aromatic carbocycles. The van der Waals surface area contributed by atoms with Crippen molar-refractivity contribution in [2.45, 2.75) is 24.0 Å². The molecule has 0 fully saturated rings. The first-order valence-electron chi connectivity index (χ1n) is 4.63. The summed E-state index contributed by atoms with van der Waals surface area (Å²) in [5.41, 5.74) is 1.41. The van der Waals surface area contributed by atoms with Crippen molar-refractivity contribution in [3.63, 3.8) is 0 Å². The van der Waals surface area contributed by atoms with E-state index in [9.17, 15) is 0 Å². The number of nitriles is 1. The molecule has 0 saturated heterocycles. The van der Waals surface area contributed by atoms with Gasteiger partial charge in [0.1, 0.15) is 10.9 Å². The Morgan fingerprint density at radius 2 is 2.12 bits per heavy atom. The Morgan fingerprint density at radius 1 is 1.31 bits per heavy atom. The number of aromatic amines is 1. The minimum Gasteiger partial charge on any atom is -0.262 e. The van der Waals surface area contributed by atoms with E-state index in [2.05, 4.69) is 26.2 Å². The molecule has 80 valence electrons. The third kappa shape index (κ3) is 2.38. The van der Waals surface area contributed by atoms with Crippen LogP contribution < -0.4 is 0 Å². The summed E-state index contributed by atoms with van der Waals surface area (Å²) in [6.07, 6.45) is 0. The van der Waals surface area contributed by atoms with E-state index in [1.165, 1.54) is 11.8 Å². The van der Waals surface area contributed by atoms with Crippen LogP contribution in [0.25, 0.3) is 0 Å². The number of nitrogens with one attached hydrogen (secondary N) is 1. The third-order valence-electron chi connectivity index (χ3n) is 1.83. The maximum Gasteiger partial charge on any atom is 0.214 e. The summed E-state index contributed by atoms with van der Waals surface area (Å²) in [6.45, 7) is 3.69. The van der Waals surface area contributed by atoms with Crippen molar-refractivity contribution in [3.8, 4) is 6.07 Å². The largest absolute Gasteiger partial charge is 0.262 e. The number of hydrogen-bond donors (Lipinski definition) is 1. The van der Waals surface area contributed by atoms with Gasteiger partial charge in [-0.3, -0.25) is 5.10 Å². The maximum atomic E-state index is 8.83. The third-order valence-corrected chi connectivity index (χ3v) is 2.61. The van der Waals surface area contributed by atoms with Gasteiger partial charge in [-0.15, -0.1) is 5.10 Å². The smallest absolute Gasteiger partial charge is 0.214 e. The molecule has 0 saturated carbocycles. The predicted molar refractivity (Wildman–Crippen MR) is 58.9 cm³/mol. The quantitative estimate of drug-likeness (QED) is 0.853. The van der Waals surface area contributed by atoms with Gasteiger partial charge in [0, 0.05) is 5.69 Å². The van der Waals surface area contributed by atoms with Gasteiger partial charge in [0.2, 0.25) is 5.16 Å². The van der Waals surface area contributed by atoms with Crippen LogP contribution in [0, 0.1) is 25.2 Å². The summed E-state index contributed by atoms with van der Waals surface area (Å²) >= 11 is 1.34. The molecular weight excluding hydrogens is 222 g/mol. The minimum atomic E-state index is 0.599. The Labute approximate surface area is 96.9 Å². The summed E-state index contributed by atoms with van der Waals surface area (Å²) in [6, 6.07) is 5.57. The highest BCUT2D eigenvalue weighted by Gasteiger charge is 2.06. The molecule has 2 heterocycles. The van der Waals surface area contributed by atoms with Gasteiger partial charge in [-0.2, -0.15) is 5.26 Å². The lowest BCUT2D eigenvalue weighted by Gasteiger charge is -1.99. The van der Waals surface area contributed by atoms with Crippen molar-refractivity contribution >= 4 is 11.8 Å². The standard InChI is InChI=1S/C10H9N5S/c1-6-3-8(5-11)4-9(12-6)16-10-13-7(2)14-15-10/h3-4H,1-2H3,(H,13,14,15). The fourth-order valence-corrected chi connectivity index (χ4v) is 2.05. The molecule has 0 radical (unpaired) electrons. The van der Waals surface area contributed by atoms with Crippen LogP contribution in [0.3, 0.4) is 0 Å². The van der Waals surface area contributed by atoms with Gasteiger partial charge in [-0.05, 0) is 37.7 Å². The molecule has 0 aliphatic rings. The normalized spacial score (nSPS) is 10.1. The SMILES string of the molecule is Cc1cc(C#N)cc(Sc2n[nH]c(C)n2)n1. The van der Waals surface area contributed by atoms with Crippen molar-refractivity contribution in [2.75, 3.05) is 0 Å². The molecule has 0 aliphatic heterocycles. The van der Waals surface area contributed by atoms with Crippen LogP contribution in [-0.4, -0.2) is 20.2 Å². The highest BCUT2D eigenvalue weighted by molar-refractivity contribution is 7.99. The van der Waals surface area contributed by atoms with Crippen molar-refractivity contribution < 1.29 is 0 Å². The zero-order valence-electron chi connectivity index (χ0n) is 8.85. The second-order valence-electron chi connectivity index (χ2n) is 3.25. The number of nitrogens with zero attached hydrogens (tertiary/aromatic N) is 4. The topological polar surface area (TPSA) is 78.2 Å². The highest BCUT2D eigenvalue weighted by Crippen LogP contribution is 2.23. The number of pyridine rings is 1.